The molecule has 0 radical (unpaired) electrons. The smallest absolute Gasteiger partial charge is 0.225 e. The van der Waals surface area contributed by atoms with Crippen molar-refractivity contribution < 1.29 is 14.9 Å². The first-order valence-electron chi connectivity index (χ1n) is 4.01. The monoisotopic (exact) mass is 178 g/mol. The number of aromatic hydroxyl groups is 1. The fourth-order valence-electron chi connectivity index (χ4n) is 1.27. The maximum Gasteiger partial charge on any atom is 0.225 e. The molecule has 0 saturated carbocycles. The summed E-state index contributed by atoms with van der Waals surface area (Å²) < 4.78 is 5.17. The predicted octanol–water partition coefficient (Wildman–Crippen LogP) is 1.51. The van der Waals surface area contributed by atoms with Crippen LogP contribution in [0.2, 0.25) is 0 Å². The van der Waals surface area contributed by atoms with Gasteiger partial charge in [0, 0.05) is 12.5 Å². The lowest BCUT2D eigenvalue weighted by molar-refractivity contribution is -0.0801. The molecule has 1 aliphatic heterocycles. The molecule has 0 fully saturated rings. The zero-order chi connectivity index (χ0) is 9.47. The summed E-state index contributed by atoms with van der Waals surface area (Å²) in [5, 5.41) is 18.9. The molecule has 0 amide bonds. The Hall–Kier alpha value is -1.48. The fourth-order valence-corrected chi connectivity index (χ4v) is 1.27. The average molecular weight is 178 g/mol. The number of hydrogen-bond donors (Lipinski definition) is 2. The van der Waals surface area contributed by atoms with Gasteiger partial charge in [0.25, 0.3) is 0 Å². The molecule has 1 aromatic rings. The van der Waals surface area contributed by atoms with E-state index in [9.17, 15) is 10.2 Å². The number of rotatable bonds is 0. The quantitative estimate of drug-likeness (QED) is 0.633. The van der Waals surface area contributed by atoms with Gasteiger partial charge in [0.1, 0.15) is 0 Å². The Morgan fingerprint density at radius 1 is 1.38 bits per heavy atom. The van der Waals surface area contributed by atoms with Crippen LogP contribution in [0.3, 0.4) is 0 Å². The summed E-state index contributed by atoms with van der Waals surface area (Å²) >= 11 is 0. The van der Waals surface area contributed by atoms with Crippen molar-refractivity contribution in [3.8, 4) is 11.5 Å². The van der Waals surface area contributed by atoms with Gasteiger partial charge in [0.05, 0.1) is 0 Å². The molecule has 2 rings (SSSR count). The summed E-state index contributed by atoms with van der Waals surface area (Å²) in [7, 11) is 0. The second-order valence-corrected chi connectivity index (χ2v) is 3.19. The van der Waals surface area contributed by atoms with E-state index in [2.05, 4.69) is 0 Å². The highest BCUT2D eigenvalue weighted by atomic mass is 16.6. The third kappa shape index (κ3) is 1.38. The molecule has 1 unspecified atom stereocenters. The maximum atomic E-state index is 9.53. The van der Waals surface area contributed by atoms with E-state index >= 15 is 0 Å². The standard InChI is InChI=1S/C10H10O3/c1-10(12)6-5-7-3-2-4-8(11)9(7)13-10/h2-6,11-12H,1H3. The molecule has 3 heteroatoms. The number of phenolic OH excluding ortho intramolecular Hbond substituents is 1. The number of aliphatic hydroxyl groups is 1. The Morgan fingerprint density at radius 3 is 2.92 bits per heavy atom. The van der Waals surface area contributed by atoms with Crippen molar-refractivity contribution in [1.29, 1.82) is 0 Å². The van der Waals surface area contributed by atoms with Gasteiger partial charge in [-0.2, -0.15) is 0 Å². The van der Waals surface area contributed by atoms with Crippen LogP contribution < -0.4 is 4.74 Å². The molecule has 1 atom stereocenters. The van der Waals surface area contributed by atoms with Crippen LogP contribution in [0.4, 0.5) is 0 Å². The maximum absolute atomic E-state index is 9.53. The predicted molar refractivity (Wildman–Crippen MR) is 48.4 cm³/mol. The number of ether oxygens (including phenoxy) is 1. The topological polar surface area (TPSA) is 49.7 Å². The molecule has 1 heterocycles. The number of hydrogen-bond acceptors (Lipinski definition) is 3. The first-order valence-corrected chi connectivity index (χ1v) is 4.01. The lowest BCUT2D eigenvalue weighted by atomic mass is 10.1. The van der Waals surface area contributed by atoms with Gasteiger partial charge in [-0.1, -0.05) is 12.1 Å². The van der Waals surface area contributed by atoms with Crippen molar-refractivity contribution in [2.75, 3.05) is 0 Å². The molecule has 0 aromatic heterocycles. The number of phenols is 1. The molecule has 68 valence electrons. The minimum absolute atomic E-state index is 0.0436. The van der Waals surface area contributed by atoms with Gasteiger partial charge in [0.2, 0.25) is 5.79 Å². The molecule has 0 bridgehead atoms. The summed E-state index contributed by atoms with van der Waals surface area (Å²) in [6, 6.07) is 5.05. The Labute approximate surface area is 75.9 Å². The van der Waals surface area contributed by atoms with Crippen LogP contribution in [0.25, 0.3) is 6.08 Å². The molecular formula is C10H10O3. The first-order chi connectivity index (χ1) is 6.08. The molecular weight excluding hydrogens is 168 g/mol. The minimum Gasteiger partial charge on any atom is -0.504 e. The van der Waals surface area contributed by atoms with E-state index in [1.165, 1.54) is 19.1 Å². The van der Waals surface area contributed by atoms with E-state index in [4.69, 9.17) is 4.74 Å². The molecule has 3 nitrogen and oxygen atoms in total. The molecule has 0 aliphatic carbocycles. The van der Waals surface area contributed by atoms with Crippen molar-refractivity contribution in [3.05, 3.63) is 29.8 Å². The van der Waals surface area contributed by atoms with E-state index in [-0.39, 0.29) is 5.75 Å². The molecule has 1 aromatic carbocycles. The number of benzene rings is 1. The fraction of sp³-hybridized carbons (Fsp3) is 0.200. The summed E-state index contributed by atoms with van der Waals surface area (Å²) in [5.74, 6) is -0.955. The molecule has 13 heavy (non-hydrogen) atoms. The van der Waals surface area contributed by atoms with Crippen LogP contribution in [-0.2, 0) is 0 Å². The molecule has 2 N–H and O–H groups in total. The van der Waals surface area contributed by atoms with Crippen LogP contribution in [0.5, 0.6) is 11.5 Å². The van der Waals surface area contributed by atoms with E-state index < -0.39 is 5.79 Å². The second kappa shape index (κ2) is 2.50. The molecule has 0 saturated heterocycles. The lowest BCUT2D eigenvalue weighted by Gasteiger charge is -2.26. The van der Waals surface area contributed by atoms with Gasteiger partial charge >= 0.3 is 0 Å². The normalized spacial score (nSPS) is 25.1. The zero-order valence-corrected chi connectivity index (χ0v) is 7.19. The molecule has 1 aliphatic rings. The van der Waals surface area contributed by atoms with Crippen molar-refractivity contribution in [3.63, 3.8) is 0 Å². The Morgan fingerprint density at radius 2 is 2.15 bits per heavy atom. The van der Waals surface area contributed by atoms with Crippen LogP contribution in [0.1, 0.15) is 12.5 Å². The zero-order valence-electron chi connectivity index (χ0n) is 7.19. The molecule has 0 spiro atoms. The van der Waals surface area contributed by atoms with Gasteiger partial charge in [-0.25, -0.2) is 0 Å². The van der Waals surface area contributed by atoms with E-state index in [1.807, 2.05) is 0 Å². The summed E-state index contributed by atoms with van der Waals surface area (Å²) in [4.78, 5) is 0. The van der Waals surface area contributed by atoms with E-state index in [0.29, 0.717) is 5.75 Å². The van der Waals surface area contributed by atoms with E-state index in [1.54, 1.807) is 18.2 Å². The second-order valence-electron chi connectivity index (χ2n) is 3.19. The van der Waals surface area contributed by atoms with Crippen molar-refractivity contribution in [2.24, 2.45) is 0 Å². The Kier molecular flexibility index (Phi) is 1.57. The average Bonchev–Trinajstić information content (AvgIpc) is 2.06. The lowest BCUT2D eigenvalue weighted by Crippen LogP contribution is -2.31. The Bertz CT molecular complexity index is 366. The third-order valence-electron chi connectivity index (χ3n) is 1.91. The van der Waals surface area contributed by atoms with Gasteiger partial charge in [-0.05, 0) is 18.2 Å². The van der Waals surface area contributed by atoms with E-state index in [0.717, 1.165) is 5.56 Å². The summed E-state index contributed by atoms with van der Waals surface area (Å²) in [6.07, 6.45) is 3.26. The largest absolute Gasteiger partial charge is 0.504 e. The summed E-state index contributed by atoms with van der Waals surface area (Å²) in [6.45, 7) is 1.51. The van der Waals surface area contributed by atoms with Crippen LogP contribution in [0, 0.1) is 0 Å². The summed E-state index contributed by atoms with van der Waals surface area (Å²) in [5.41, 5.74) is 0.770. The SMILES string of the molecule is CC1(O)C=Cc2cccc(O)c2O1. The van der Waals surface area contributed by atoms with Crippen LogP contribution >= 0.6 is 0 Å². The van der Waals surface area contributed by atoms with Crippen molar-refractivity contribution in [1.82, 2.24) is 0 Å². The highest BCUT2D eigenvalue weighted by Crippen LogP contribution is 2.36. The van der Waals surface area contributed by atoms with Gasteiger partial charge < -0.3 is 14.9 Å². The van der Waals surface area contributed by atoms with Crippen LogP contribution in [0.15, 0.2) is 24.3 Å². The number of fused-ring (bicyclic) bond motifs is 1. The van der Waals surface area contributed by atoms with Gasteiger partial charge in [0.15, 0.2) is 11.5 Å². The van der Waals surface area contributed by atoms with Gasteiger partial charge in [-0.3, -0.25) is 0 Å². The Balaban J connectivity index is 2.54. The highest BCUT2D eigenvalue weighted by Gasteiger charge is 2.25. The van der Waals surface area contributed by atoms with Crippen molar-refractivity contribution >= 4 is 6.08 Å². The van der Waals surface area contributed by atoms with Gasteiger partial charge in [-0.15, -0.1) is 0 Å². The minimum atomic E-state index is -1.33. The van der Waals surface area contributed by atoms with Crippen LogP contribution in [-0.4, -0.2) is 16.0 Å². The number of para-hydroxylation sites is 1. The van der Waals surface area contributed by atoms with Crippen molar-refractivity contribution in [2.45, 2.75) is 12.7 Å². The first kappa shape index (κ1) is 8.13. The highest BCUT2D eigenvalue weighted by molar-refractivity contribution is 5.64. The third-order valence-corrected chi connectivity index (χ3v) is 1.91.